The fourth-order valence-electron chi connectivity index (χ4n) is 5.15. The number of benzene rings is 3. The van der Waals surface area contributed by atoms with Crippen molar-refractivity contribution in [3.8, 4) is 22.9 Å². The van der Waals surface area contributed by atoms with Gasteiger partial charge in [0.1, 0.15) is 29.1 Å². The second-order valence-electron chi connectivity index (χ2n) is 10.2. The van der Waals surface area contributed by atoms with E-state index in [2.05, 4.69) is 16.0 Å². The summed E-state index contributed by atoms with van der Waals surface area (Å²) in [5.74, 6) is 3.01. The predicted molar refractivity (Wildman–Crippen MR) is 162 cm³/mol. The number of carbonyl (C=O) groups is 1. The first-order valence-corrected chi connectivity index (χ1v) is 15.1. The number of aryl methyl sites for hydroxylation is 1. The SMILES string of the molecule is CCCC(=O)c1ccc(-n2cnc3c(NCC4CCOCC4)cc(Oc4ccc(OC)cc4SC)cc32)cc1C. The van der Waals surface area contributed by atoms with Gasteiger partial charge >= 0.3 is 0 Å². The van der Waals surface area contributed by atoms with Crippen molar-refractivity contribution in [3.05, 3.63) is 66.0 Å². The van der Waals surface area contributed by atoms with E-state index in [1.54, 1.807) is 18.9 Å². The van der Waals surface area contributed by atoms with Gasteiger partial charge in [-0.2, -0.15) is 0 Å². The Hall–Kier alpha value is -3.49. The minimum atomic E-state index is 0.182. The number of aromatic nitrogens is 2. The number of methoxy groups -OCH3 is 1. The number of hydrogen-bond donors (Lipinski definition) is 1. The number of fused-ring (bicyclic) bond motifs is 1. The Labute approximate surface area is 240 Å². The maximum absolute atomic E-state index is 12.6. The molecule has 0 radical (unpaired) electrons. The largest absolute Gasteiger partial charge is 0.497 e. The zero-order valence-electron chi connectivity index (χ0n) is 23.7. The number of nitrogens with one attached hydrogen (secondary N) is 1. The molecule has 40 heavy (non-hydrogen) atoms. The van der Waals surface area contributed by atoms with Crippen molar-refractivity contribution >= 4 is 34.3 Å². The van der Waals surface area contributed by atoms with Crippen molar-refractivity contribution < 1.29 is 19.0 Å². The van der Waals surface area contributed by atoms with Crippen molar-refractivity contribution in [2.24, 2.45) is 5.92 Å². The lowest BCUT2D eigenvalue weighted by Gasteiger charge is -2.23. The van der Waals surface area contributed by atoms with E-state index in [0.29, 0.717) is 12.3 Å². The Kier molecular flexibility index (Phi) is 8.97. The van der Waals surface area contributed by atoms with E-state index < -0.39 is 0 Å². The number of hydrogen-bond acceptors (Lipinski definition) is 7. The van der Waals surface area contributed by atoms with Crippen LogP contribution < -0.4 is 14.8 Å². The van der Waals surface area contributed by atoms with E-state index in [1.807, 2.05) is 68.9 Å². The molecule has 1 aromatic heterocycles. The smallest absolute Gasteiger partial charge is 0.163 e. The Morgan fingerprint density at radius 3 is 2.67 bits per heavy atom. The number of carbonyl (C=O) groups excluding carboxylic acids is 1. The van der Waals surface area contributed by atoms with Gasteiger partial charge in [-0.15, -0.1) is 11.8 Å². The van der Waals surface area contributed by atoms with Crippen LogP contribution in [0.25, 0.3) is 16.7 Å². The summed E-state index contributed by atoms with van der Waals surface area (Å²) in [4.78, 5) is 18.4. The standard InChI is InChI=1S/C32H37N3O4S/c1-5-6-29(36)26-9-7-23(15-21(26)2)35-20-34-32-27(33-19-22-11-13-38-14-12-22)16-25(17-28(32)35)39-30-10-8-24(37-3)18-31(30)40-4/h7-10,15-18,20,22,33H,5-6,11-14,19H2,1-4H3. The molecule has 0 saturated carbocycles. The molecule has 210 valence electrons. The number of ketones is 1. The van der Waals surface area contributed by atoms with Gasteiger partial charge < -0.3 is 19.5 Å². The molecular weight excluding hydrogens is 522 g/mol. The minimum Gasteiger partial charge on any atom is -0.497 e. The maximum atomic E-state index is 12.6. The van der Waals surface area contributed by atoms with Crippen molar-refractivity contribution in [1.82, 2.24) is 9.55 Å². The monoisotopic (exact) mass is 559 g/mol. The highest BCUT2D eigenvalue weighted by atomic mass is 32.2. The molecular formula is C32H37N3O4S. The van der Waals surface area contributed by atoms with Gasteiger partial charge in [0.25, 0.3) is 0 Å². The number of nitrogens with zero attached hydrogens (tertiary/aromatic N) is 2. The first-order chi connectivity index (χ1) is 19.5. The van der Waals surface area contributed by atoms with E-state index in [0.717, 1.165) is 94.7 Å². The van der Waals surface area contributed by atoms with Gasteiger partial charge in [0.2, 0.25) is 0 Å². The molecule has 1 aliphatic rings. The van der Waals surface area contributed by atoms with E-state index >= 15 is 0 Å². The first-order valence-electron chi connectivity index (χ1n) is 13.9. The number of ether oxygens (including phenoxy) is 3. The molecule has 0 spiro atoms. The normalized spacial score (nSPS) is 13.9. The molecule has 0 bridgehead atoms. The van der Waals surface area contributed by atoms with Crippen molar-refractivity contribution in [1.29, 1.82) is 0 Å². The molecule has 1 fully saturated rings. The Morgan fingerprint density at radius 2 is 1.95 bits per heavy atom. The molecule has 8 heteroatoms. The summed E-state index contributed by atoms with van der Waals surface area (Å²) < 4.78 is 19.5. The molecule has 4 aromatic rings. The van der Waals surface area contributed by atoms with Gasteiger partial charge in [0.15, 0.2) is 5.78 Å². The second-order valence-corrected chi connectivity index (χ2v) is 11.0. The maximum Gasteiger partial charge on any atom is 0.163 e. The van der Waals surface area contributed by atoms with Crippen LogP contribution in [0.1, 0.15) is 48.5 Å². The van der Waals surface area contributed by atoms with E-state index in [-0.39, 0.29) is 5.78 Å². The van der Waals surface area contributed by atoms with Crippen molar-refractivity contribution in [2.75, 3.05) is 38.4 Å². The summed E-state index contributed by atoms with van der Waals surface area (Å²) in [5.41, 5.74) is 5.44. The highest BCUT2D eigenvalue weighted by molar-refractivity contribution is 7.98. The Balaban J connectivity index is 1.54. The number of Topliss-reactive ketones (excluding diaryl/α,β-unsaturated/α-hetero) is 1. The van der Waals surface area contributed by atoms with E-state index in [4.69, 9.17) is 19.2 Å². The molecule has 5 rings (SSSR count). The topological polar surface area (TPSA) is 74.6 Å². The van der Waals surface area contributed by atoms with Crippen LogP contribution in [0.2, 0.25) is 0 Å². The number of anilines is 1. The Morgan fingerprint density at radius 1 is 1.12 bits per heavy atom. The lowest BCUT2D eigenvalue weighted by molar-refractivity contribution is 0.0699. The van der Waals surface area contributed by atoms with Crippen molar-refractivity contribution in [3.63, 3.8) is 0 Å². The molecule has 0 amide bonds. The fourth-order valence-corrected chi connectivity index (χ4v) is 5.70. The van der Waals surface area contributed by atoms with Gasteiger partial charge in [-0.1, -0.05) is 6.92 Å². The van der Waals surface area contributed by atoms with Crippen LogP contribution >= 0.6 is 11.8 Å². The summed E-state index contributed by atoms with van der Waals surface area (Å²) in [7, 11) is 1.67. The lowest BCUT2D eigenvalue weighted by Crippen LogP contribution is -2.22. The van der Waals surface area contributed by atoms with E-state index in [1.165, 1.54) is 0 Å². The molecule has 7 nitrogen and oxygen atoms in total. The average molecular weight is 560 g/mol. The number of imidazole rings is 1. The molecule has 3 aromatic carbocycles. The quantitative estimate of drug-likeness (QED) is 0.149. The van der Waals surface area contributed by atoms with Gasteiger partial charge in [-0.3, -0.25) is 9.36 Å². The molecule has 0 atom stereocenters. The summed E-state index contributed by atoms with van der Waals surface area (Å²) >= 11 is 1.61. The average Bonchev–Trinajstić information content (AvgIpc) is 3.41. The van der Waals surface area contributed by atoms with Gasteiger partial charge in [-0.05, 0) is 80.3 Å². The zero-order valence-corrected chi connectivity index (χ0v) is 24.5. The molecule has 1 N–H and O–H groups in total. The molecule has 2 heterocycles. The molecule has 1 saturated heterocycles. The second kappa shape index (κ2) is 12.8. The third-order valence-electron chi connectivity index (χ3n) is 7.41. The molecule has 0 aliphatic carbocycles. The first kappa shape index (κ1) is 28.1. The van der Waals surface area contributed by atoms with E-state index in [9.17, 15) is 4.79 Å². The number of rotatable bonds is 11. The summed E-state index contributed by atoms with van der Waals surface area (Å²) in [6.45, 7) is 6.49. The third-order valence-corrected chi connectivity index (χ3v) is 8.17. The lowest BCUT2D eigenvalue weighted by atomic mass is 10.0. The van der Waals surface area contributed by atoms with Crippen LogP contribution in [0, 0.1) is 12.8 Å². The van der Waals surface area contributed by atoms with Crippen LogP contribution in [-0.2, 0) is 4.74 Å². The highest BCUT2D eigenvalue weighted by Gasteiger charge is 2.18. The fraction of sp³-hybridized carbons (Fsp3) is 0.375. The highest BCUT2D eigenvalue weighted by Crippen LogP contribution is 2.38. The number of thioether (sulfide) groups is 1. The predicted octanol–water partition coefficient (Wildman–Crippen LogP) is 7.68. The molecule has 1 aliphatic heterocycles. The zero-order chi connectivity index (χ0) is 28.1. The summed E-state index contributed by atoms with van der Waals surface area (Å²) in [5, 5.41) is 3.66. The van der Waals surface area contributed by atoms with Crippen LogP contribution in [0.3, 0.4) is 0 Å². The van der Waals surface area contributed by atoms with Crippen molar-refractivity contribution in [2.45, 2.75) is 44.4 Å². The molecule has 0 unspecified atom stereocenters. The van der Waals surface area contributed by atoms with Crippen LogP contribution in [0.15, 0.2) is 59.8 Å². The van der Waals surface area contributed by atoms with Crippen LogP contribution in [-0.4, -0.2) is 48.5 Å². The van der Waals surface area contributed by atoms with Crippen LogP contribution in [0.4, 0.5) is 5.69 Å². The van der Waals surface area contributed by atoms with Gasteiger partial charge in [-0.25, -0.2) is 4.98 Å². The summed E-state index contributed by atoms with van der Waals surface area (Å²) in [6, 6.07) is 15.9. The third kappa shape index (κ3) is 6.13. The summed E-state index contributed by atoms with van der Waals surface area (Å²) in [6.07, 6.45) is 7.36. The Bertz CT molecular complexity index is 1490. The van der Waals surface area contributed by atoms with Gasteiger partial charge in [0.05, 0.1) is 23.2 Å². The van der Waals surface area contributed by atoms with Gasteiger partial charge in [0, 0.05) is 49.6 Å². The minimum absolute atomic E-state index is 0.182. The van der Waals surface area contributed by atoms with Crippen LogP contribution in [0.5, 0.6) is 17.2 Å².